The first-order chi connectivity index (χ1) is 9.53. The second-order valence-corrected chi connectivity index (χ2v) is 6.28. The first-order valence-electron chi connectivity index (χ1n) is 8.32. The van der Waals surface area contributed by atoms with Crippen molar-refractivity contribution in [2.24, 2.45) is 5.73 Å². The monoisotopic (exact) mass is 283 g/mol. The highest BCUT2D eigenvalue weighted by Gasteiger charge is 2.29. The molecule has 0 aliphatic carbocycles. The zero-order valence-corrected chi connectivity index (χ0v) is 13.6. The van der Waals surface area contributed by atoms with Gasteiger partial charge in [0.25, 0.3) is 0 Å². The van der Waals surface area contributed by atoms with E-state index in [2.05, 4.69) is 17.1 Å². The molecule has 3 N–H and O–H groups in total. The summed E-state index contributed by atoms with van der Waals surface area (Å²) in [6, 6.07) is 0.778. The molecule has 118 valence electrons. The lowest BCUT2D eigenvalue weighted by Crippen LogP contribution is -2.53. The summed E-state index contributed by atoms with van der Waals surface area (Å²) in [4.78, 5) is 14.2. The lowest BCUT2D eigenvalue weighted by molar-refractivity contribution is -0.124. The molecule has 0 radical (unpaired) electrons. The third-order valence-electron chi connectivity index (χ3n) is 4.70. The van der Waals surface area contributed by atoms with Gasteiger partial charge in [0.15, 0.2) is 0 Å². The molecule has 4 heteroatoms. The summed E-state index contributed by atoms with van der Waals surface area (Å²) < 4.78 is 0. The van der Waals surface area contributed by atoms with Crippen LogP contribution in [0, 0.1) is 0 Å². The Kier molecular flexibility index (Phi) is 7.52. The van der Waals surface area contributed by atoms with E-state index in [1.54, 1.807) is 0 Å². The van der Waals surface area contributed by atoms with Crippen LogP contribution in [-0.4, -0.2) is 42.0 Å². The summed E-state index contributed by atoms with van der Waals surface area (Å²) in [5.41, 5.74) is 4.97. The van der Waals surface area contributed by atoms with Crippen LogP contribution in [0.5, 0.6) is 0 Å². The summed E-state index contributed by atoms with van der Waals surface area (Å²) in [6.45, 7) is 9.43. The zero-order valence-electron chi connectivity index (χ0n) is 13.6. The normalized spacial score (nSPS) is 23.4. The first kappa shape index (κ1) is 17.4. The number of nitrogens with two attached hydrogens (primary N) is 1. The van der Waals surface area contributed by atoms with E-state index >= 15 is 0 Å². The van der Waals surface area contributed by atoms with Crippen LogP contribution in [0.3, 0.4) is 0 Å². The van der Waals surface area contributed by atoms with Crippen molar-refractivity contribution in [1.29, 1.82) is 0 Å². The standard InChI is InChI=1S/C16H33N3O/c1-4-14-10-6-8-12-19(14)13-9-7-11-16(3,15(17)20)18-5-2/h14,18H,4-13H2,1-3H3,(H2,17,20). The van der Waals surface area contributed by atoms with Crippen molar-refractivity contribution in [2.75, 3.05) is 19.6 Å². The van der Waals surface area contributed by atoms with E-state index in [0.717, 1.165) is 31.8 Å². The molecule has 0 spiro atoms. The van der Waals surface area contributed by atoms with Crippen molar-refractivity contribution in [3.63, 3.8) is 0 Å². The van der Waals surface area contributed by atoms with Crippen LogP contribution in [0.2, 0.25) is 0 Å². The van der Waals surface area contributed by atoms with Crippen molar-refractivity contribution in [3.8, 4) is 0 Å². The number of primary amides is 1. The number of hydrogen-bond acceptors (Lipinski definition) is 3. The van der Waals surface area contributed by atoms with Crippen molar-refractivity contribution in [2.45, 2.75) is 77.3 Å². The maximum Gasteiger partial charge on any atom is 0.237 e. The van der Waals surface area contributed by atoms with Crippen LogP contribution in [0.25, 0.3) is 0 Å². The van der Waals surface area contributed by atoms with E-state index < -0.39 is 5.54 Å². The smallest absolute Gasteiger partial charge is 0.237 e. The van der Waals surface area contributed by atoms with Gasteiger partial charge in [-0.15, -0.1) is 0 Å². The predicted molar refractivity (Wildman–Crippen MR) is 84.6 cm³/mol. The molecule has 1 amide bonds. The number of likely N-dealkylation sites (tertiary alicyclic amines) is 1. The molecule has 1 rings (SSSR count). The number of nitrogens with zero attached hydrogens (tertiary/aromatic N) is 1. The lowest BCUT2D eigenvalue weighted by atomic mass is 9.93. The molecular weight excluding hydrogens is 250 g/mol. The van der Waals surface area contributed by atoms with Gasteiger partial charge in [0.05, 0.1) is 5.54 Å². The van der Waals surface area contributed by atoms with Gasteiger partial charge in [-0.1, -0.05) is 20.3 Å². The number of amides is 1. The van der Waals surface area contributed by atoms with Gasteiger partial charge in [0.2, 0.25) is 5.91 Å². The second kappa shape index (κ2) is 8.63. The van der Waals surface area contributed by atoms with Crippen LogP contribution in [0.4, 0.5) is 0 Å². The fourth-order valence-electron chi connectivity index (χ4n) is 3.30. The molecule has 0 aromatic carbocycles. The summed E-state index contributed by atoms with van der Waals surface area (Å²) in [6.07, 6.45) is 8.39. The Morgan fingerprint density at radius 1 is 1.35 bits per heavy atom. The molecule has 0 aromatic rings. The topological polar surface area (TPSA) is 58.4 Å². The molecule has 0 aromatic heterocycles. The number of carbonyl (C=O) groups excluding carboxylic acids is 1. The largest absolute Gasteiger partial charge is 0.368 e. The van der Waals surface area contributed by atoms with Gasteiger partial charge >= 0.3 is 0 Å². The molecule has 1 fully saturated rings. The van der Waals surface area contributed by atoms with E-state index in [9.17, 15) is 4.79 Å². The van der Waals surface area contributed by atoms with Gasteiger partial charge in [0.1, 0.15) is 0 Å². The third kappa shape index (κ3) is 5.06. The Bertz CT molecular complexity index is 295. The van der Waals surface area contributed by atoms with E-state index in [-0.39, 0.29) is 5.91 Å². The number of piperidine rings is 1. The highest BCUT2D eigenvalue weighted by molar-refractivity contribution is 5.84. The van der Waals surface area contributed by atoms with E-state index in [0.29, 0.717) is 0 Å². The molecule has 1 aliphatic heterocycles. The Labute approximate surface area is 124 Å². The van der Waals surface area contributed by atoms with Gasteiger partial charge in [-0.05, 0) is 65.1 Å². The van der Waals surface area contributed by atoms with E-state index in [4.69, 9.17) is 5.73 Å². The Hall–Kier alpha value is -0.610. The average Bonchev–Trinajstić information content (AvgIpc) is 2.44. The molecule has 1 saturated heterocycles. The minimum absolute atomic E-state index is 0.233. The Morgan fingerprint density at radius 3 is 2.70 bits per heavy atom. The summed E-state index contributed by atoms with van der Waals surface area (Å²) in [5.74, 6) is -0.233. The Balaban J connectivity index is 2.30. The summed E-state index contributed by atoms with van der Waals surface area (Å²) in [7, 11) is 0. The van der Waals surface area contributed by atoms with E-state index in [1.807, 2.05) is 13.8 Å². The van der Waals surface area contributed by atoms with Gasteiger partial charge in [-0.25, -0.2) is 0 Å². The third-order valence-corrected chi connectivity index (χ3v) is 4.70. The first-order valence-corrected chi connectivity index (χ1v) is 8.32. The van der Waals surface area contributed by atoms with Crippen molar-refractivity contribution < 1.29 is 4.79 Å². The molecule has 2 atom stereocenters. The number of nitrogens with one attached hydrogen (secondary N) is 1. The summed E-state index contributed by atoms with van der Waals surface area (Å²) in [5, 5.41) is 3.23. The number of likely N-dealkylation sites (N-methyl/N-ethyl adjacent to an activating group) is 1. The van der Waals surface area contributed by atoms with Crippen LogP contribution < -0.4 is 11.1 Å². The molecule has 4 nitrogen and oxygen atoms in total. The van der Waals surface area contributed by atoms with Gasteiger partial charge in [-0.3, -0.25) is 4.79 Å². The molecular formula is C16H33N3O. The number of hydrogen-bond donors (Lipinski definition) is 2. The predicted octanol–water partition coefficient (Wildman–Crippen LogP) is 2.27. The van der Waals surface area contributed by atoms with Crippen molar-refractivity contribution >= 4 is 5.91 Å². The molecule has 1 heterocycles. The SMILES string of the molecule is CCNC(C)(CCCCN1CCCCC1CC)C(N)=O. The maximum atomic E-state index is 11.6. The molecule has 1 aliphatic rings. The molecule has 0 saturated carbocycles. The van der Waals surface area contributed by atoms with Crippen LogP contribution in [-0.2, 0) is 4.79 Å². The van der Waals surface area contributed by atoms with Gasteiger partial charge in [0, 0.05) is 6.04 Å². The number of unbranched alkanes of at least 4 members (excludes halogenated alkanes) is 1. The quantitative estimate of drug-likeness (QED) is 0.638. The molecule has 0 bridgehead atoms. The van der Waals surface area contributed by atoms with Gasteiger partial charge in [-0.2, -0.15) is 0 Å². The second-order valence-electron chi connectivity index (χ2n) is 6.28. The highest BCUT2D eigenvalue weighted by Crippen LogP contribution is 2.21. The average molecular weight is 283 g/mol. The van der Waals surface area contributed by atoms with Gasteiger partial charge < -0.3 is 16.0 Å². The summed E-state index contributed by atoms with van der Waals surface area (Å²) >= 11 is 0. The number of rotatable bonds is 9. The molecule has 2 unspecified atom stereocenters. The minimum Gasteiger partial charge on any atom is -0.368 e. The Morgan fingerprint density at radius 2 is 2.10 bits per heavy atom. The lowest BCUT2D eigenvalue weighted by Gasteiger charge is -2.35. The zero-order chi connectivity index (χ0) is 15.0. The minimum atomic E-state index is -0.541. The fraction of sp³-hybridized carbons (Fsp3) is 0.938. The number of carbonyl (C=O) groups is 1. The van der Waals surface area contributed by atoms with Crippen molar-refractivity contribution in [3.05, 3.63) is 0 Å². The highest BCUT2D eigenvalue weighted by atomic mass is 16.1. The van der Waals surface area contributed by atoms with Crippen molar-refractivity contribution in [1.82, 2.24) is 10.2 Å². The maximum absolute atomic E-state index is 11.6. The van der Waals surface area contributed by atoms with Crippen LogP contribution >= 0.6 is 0 Å². The van der Waals surface area contributed by atoms with Crippen LogP contribution in [0.1, 0.15) is 65.7 Å². The fourth-order valence-corrected chi connectivity index (χ4v) is 3.30. The van der Waals surface area contributed by atoms with Crippen LogP contribution in [0.15, 0.2) is 0 Å². The van der Waals surface area contributed by atoms with E-state index in [1.165, 1.54) is 38.8 Å². The molecule has 20 heavy (non-hydrogen) atoms.